The fraction of sp³-hybridized carbons (Fsp3) is 0.522. The van der Waals surface area contributed by atoms with Crippen LogP contribution < -0.4 is 9.47 Å². The Balaban J connectivity index is 1.63. The van der Waals surface area contributed by atoms with Crippen molar-refractivity contribution >= 4 is 11.9 Å². The Morgan fingerprint density at radius 1 is 1.12 bits per heavy atom. The third-order valence-electron chi connectivity index (χ3n) is 5.63. The van der Waals surface area contributed by atoms with E-state index in [9.17, 15) is 9.59 Å². The highest BCUT2D eigenvalue weighted by Crippen LogP contribution is 2.33. The minimum Gasteiger partial charge on any atom is -0.486 e. The number of carbonyl (C=O) groups excluding carboxylic acids is 2. The van der Waals surface area contributed by atoms with Gasteiger partial charge in [0.15, 0.2) is 11.5 Å². The lowest BCUT2D eigenvalue weighted by Gasteiger charge is -2.31. The number of rotatable bonds is 7. The van der Waals surface area contributed by atoms with Crippen molar-refractivity contribution in [3.05, 3.63) is 35.7 Å². The largest absolute Gasteiger partial charge is 0.486 e. The predicted molar refractivity (Wildman–Crippen MR) is 115 cm³/mol. The van der Waals surface area contributed by atoms with Crippen molar-refractivity contribution in [1.29, 1.82) is 0 Å². The zero-order chi connectivity index (χ0) is 22.5. The number of aromatic nitrogens is 2. The Hall–Kier alpha value is -3.07. The molecule has 1 aromatic heterocycles. The average molecular weight is 444 g/mol. The monoisotopic (exact) mass is 443 g/mol. The summed E-state index contributed by atoms with van der Waals surface area (Å²) in [6.45, 7) is 7.10. The number of fused-ring (bicyclic) bond motifs is 1. The van der Waals surface area contributed by atoms with Gasteiger partial charge in [-0.3, -0.25) is 9.69 Å². The van der Waals surface area contributed by atoms with E-state index in [0.717, 1.165) is 25.1 Å². The summed E-state index contributed by atoms with van der Waals surface area (Å²) in [5.41, 5.74) is 1.89. The summed E-state index contributed by atoms with van der Waals surface area (Å²) in [7, 11) is 0. The van der Waals surface area contributed by atoms with E-state index >= 15 is 0 Å². The molecule has 0 N–H and O–H groups in total. The van der Waals surface area contributed by atoms with Crippen molar-refractivity contribution in [2.75, 3.05) is 39.5 Å². The normalized spacial score (nSPS) is 18.2. The first-order valence-electron chi connectivity index (χ1n) is 11.1. The number of hydrogen-bond acceptors (Lipinski definition) is 8. The first-order valence-corrected chi connectivity index (χ1v) is 11.1. The topological polar surface area (TPSA) is 92.1 Å². The van der Waals surface area contributed by atoms with Crippen molar-refractivity contribution in [2.45, 2.75) is 33.2 Å². The van der Waals surface area contributed by atoms with E-state index < -0.39 is 5.97 Å². The molecule has 3 heterocycles. The van der Waals surface area contributed by atoms with E-state index in [4.69, 9.17) is 18.9 Å². The van der Waals surface area contributed by atoms with Crippen LogP contribution in [0.4, 0.5) is 0 Å². The zero-order valence-electron chi connectivity index (χ0n) is 18.5. The van der Waals surface area contributed by atoms with Gasteiger partial charge in [-0.2, -0.15) is 5.10 Å². The summed E-state index contributed by atoms with van der Waals surface area (Å²) >= 11 is 0. The predicted octanol–water partition coefficient (Wildman–Crippen LogP) is 2.60. The molecule has 9 heteroatoms. The van der Waals surface area contributed by atoms with Crippen LogP contribution >= 0.6 is 0 Å². The van der Waals surface area contributed by atoms with Crippen LogP contribution in [-0.2, 0) is 20.8 Å². The second-order valence-electron chi connectivity index (χ2n) is 7.79. The highest BCUT2D eigenvalue weighted by molar-refractivity contribution is 5.90. The fourth-order valence-corrected chi connectivity index (χ4v) is 4.16. The number of nitrogens with zero attached hydrogens (tertiary/aromatic N) is 3. The minimum atomic E-state index is -0.412. The molecule has 0 saturated carbocycles. The Bertz CT molecular complexity index is 973. The van der Waals surface area contributed by atoms with Crippen LogP contribution in [0.1, 0.15) is 42.7 Å². The molecule has 1 atom stereocenters. The van der Waals surface area contributed by atoms with Gasteiger partial charge in [-0.1, -0.05) is 0 Å². The molecule has 9 nitrogen and oxygen atoms in total. The molecule has 1 unspecified atom stereocenters. The SMILES string of the molecule is CCOC(=O)c1cnn(-c2ccc3c(c2)OCCO3)c1CN1CCCC(C(=O)OCC)C1. The molecule has 2 aliphatic heterocycles. The van der Waals surface area contributed by atoms with E-state index in [0.29, 0.717) is 55.7 Å². The van der Waals surface area contributed by atoms with E-state index in [1.165, 1.54) is 6.20 Å². The molecule has 0 spiro atoms. The van der Waals surface area contributed by atoms with E-state index in [1.807, 2.05) is 25.1 Å². The number of likely N-dealkylation sites (tertiary alicyclic amines) is 1. The molecule has 0 radical (unpaired) electrons. The third-order valence-corrected chi connectivity index (χ3v) is 5.63. The third kappa shape index (κ3) is 4.72. The first kappa shape index (κ1) is 22.1. The van der Waals surface area contributed by atoms with Crippen LogP contribution in [0.3, 0.4) is 0 Å². The van der Waals surface area contributed by atoms with E-state index in [2.05, 4.69) is 10.00 Å². The molecule has 2 aliphatic rings. The van der Waals surface area contributed by atoms with Crippen LogP contribution in [0, 0.1) is 5.92 Å². The maximum Gasteiger partial charge on any atom is 0.341 e. The highest BCUT2D eigenvalue weighted by Gasteiger charge is 2.29. The van der Waals surface area contributed by atoms with E-state index in [1.54, 1.807) is 11.6 Å². The van der Waals surface area contributed by atoms with Crippen molar-refractivity contribution < 1.29 is 28.5 Å². The van der Waals surface area contributed by atoms with E-state index in [-0.39, 0.29) is 18.5 Å². The molecule has 2 aromatic rings. The lowest BCUT2D eigenvalue weighted by molar-refractivity contribution is -0.150. The number of piperidine rings is 1. The van der Waals surface area contributed by atoms with Gasteiger partial charge in [0, 0.05) is 19.2 Å². The lowest BCUT2D eigenvalue weighted by atomic mass is 9.98. The molecule has 4 rings (SSSR count). The van der Waals surface area contributed by atoms with Gasteiger partial charge in [-0.25, -0.2) is 9.48 Å². The van der Waals surface area contributed by atoms with Gasteiger partial charge >= 0.3 is 11.9 Å². The summed E-state index contributed by atoms with van der Waals surface area (Å²) in [5.74, 6) is 0.592. The summed E-state index contributed by atoms with van der Waals surface area (Å²) in [6, 6.07) is 5.59. The second kappa shape index (κ2) is 10.0. The molecule has 1 aromatic carbocycles. The summed E-state index contributed by atoms with van der Waals surface area (Å²) in [6.07, 6.45) is 3.23. The number of ether oxygens (including phenoxy) is 4. The molecule has 32 heavy (non-hydrogen) atoms. The minimum absolute atomic E-state index is 0.164. The Morgan fingerprint density at radius 3 is 2.69 bits per heavy atom. The Kier molecular flexibility index (Phi) is 6.94. The Labute approximate surface area is 187 Å². The number of hydrogen-bond donors (Lipinski definition) is 0. The lowest BCUT2D eigenvalue weighted by Crippen LogP contribution is -2.39. The standard InChI is InChI=1S/C23H29N3O6/c1-3-29-22(27)16-6-5-9-25(14-16)15-19-18(23(28)30-4-2)13-24-26(19)17-7-8-20-21(12-17)32-11-10-31-20/h7-8,12-13,16H,3-6,9-11,14-15H2,1-2H3. The maximum atomic E-state index is 12.6. The summed E-state index contributed by atoms with van der Waals surface area (Å²) in [5, 5.41) is 4.49. The molecular weight excluding hydrogens is 414 g/mol. The molecule has 1 saturated heterocycles. The molecule has 0 amide bonds. The summed E-state index contributed by atoms with van der Waals surface area (Å²) in [4.78, 5) is 27.1. The zero-order valence-corrected chi connectivity index (χ0v) is 18.5. The van der Waals surface area contributed by atoms with Crippen LogP contribution in [-0.4, -0.2) is 66.1 Å². The van der Waals surface area contributed by atoms with Crippen molar-refractivity contribution in [3.63, 3.8) is 0 Å². The summed E-state index contributed by atoms with van der Waals surface area (Å²) < 4.78 is 23.5. The van der Waals surface area contributed by atoms with Gasteiger partial charge in [0.05, 0.1) is 36.7 Å². The smallest absolute Gasteiger partial charge is 0.341 e. The molecule has 0 aliphatic carbocycles. The first-order chi connectivity index (χ1) is 15.6. The maximum absolute atomic E-state index is 12.6. The van der Waals surface area contributed by atoms with Gasteiger partial charge < -0.3 is 18.9 Å². The molecular formula is C23H29N3O6. The fourth-order valence-electron chi connectivity index (χ4n) is 4.16. The van der Waals surface area contributed by atoms with Crippen LogP contribution in [0.15, 0.2) is 24.4 Å². The Morgan fingerprint density at radius 2 is 1.91 bits per heavy atom. The van der Waals surface area contributed by atoms with Gasteiger partial charge in [0.2, 0.25) is 0 Å². The van der Waals surface area contributed by atoms with Gasteiger partial charge in [0.1, 0.15) is 18.8 Å². The van der Waals surface area contributed by atoms with Crippen molar-refractivity contribution in [3.8, 4) is 17.2 Å². The van der Waals surface area contributed by atoms with Gasteiger partial charge in [0.25, 0.3) is 0 Å². The highest BCUT2D eigenvalue weighted by atomic mass is 16.6. The number of benzene rings is 1. The van der Waals surface area contributed by atoms with Crippen molar-refractivity contribution in [1.82, 2.24) is 14.7 Å². The van der Waals surface area contributed by atoms with Crippen LogP contribution in [0.5, 0.6) is 11.5 Å². The number of carbonyl (C=O) groups is 2. The van der Waals surface area contributed by atoms with Crippen LogP contribution in [0.25, 0.3) is 5.69 Å². The van der Waals surface area contributed by atoms with Crippen LogP contribution in [0.2, 0.25) is 0 Å². The average Bonchev–Trinajstić information content (AvgIpc) is 3.23. The van der Waals surface area contributed by atoms with Crippen molar-refractivity contribution in [2.24, 2.45) is 5.92 Å². The molecule has 172 valence electrons. The van der Waals surface area contributed by atoms with Gasteiger partial charge in [-0.05, 0) is 45.4 Å². The molecule has 1 fully saturated rings. The molecule has 0 bridgehead atoms. The number of esters is 2. The quantitative estimate of drug-likeness (QED) is 0.603. The second-order valence-corrected chi connectivity index (χ2v) is 7.79. The van der Waals surface area contributed by atoms with Gasteiger partial charge in [-0.15, -0.1) is 0 Å².